The summed E-state index contributed by atoms with van der Waals surface area (Å²) in [5, 5.41) is 0. The Kier molecular flexibility index (Phi) is 5.63. The summed E-state index contributed by atoms with van der Waals surface area (Å²) in [5.74, 6) is -0.343. The van der Waals surface area contributed by atoms with Crippen LogP contribution in [0.15, 0.2) is 24.7 Å². The van der Waals surface area contributed by atoms with E-state index in [-0.39, 0.29) is 19.0 Å². The van der Waals surface area contributed by atoms with Crippen molar-refractivity contribution in [1.82, 2.24) is 0 Å². The molecular weight excluding hydrogens is 172 g/mol. The third-order valence-corrected chi connectivity index (χ3v) is 1.08. The van der Waals surface area contributed by atoms with Crippen molar-refractivity contribution < 1.29 is 19.0 Å². The smallest absolute Gasteiger partial charge is 0.373 e. The molecule has 0 saturated carbocycles. The second-order valence-corrected chi connectivity index (χ2v) is 2.22. The Balaban J connectivity index is 3.86. The molecule has 0 amide bonds. The first-order valence-electron chi connectivity index (χ1n) is 3.82. The molecule has 0 fully saturated rings. The van der Waals surface area contributed by atoms with E-state index in [4.69, 9.17) is 9.47 Å². The van der Waals surface area contributed by atoms with Gasteiger partial charge in [-0.1, -0.05) is 6.58 Å². The SMILES string of the molecule is C=C(COC)OC(=C)C(=O)OCC. The van der Waals surface area contributed by atoms with Crippen molar-refractivity contribution in [2.45, 2.75) is 6.92 Å². The molecule has 13 heavy (non-hydrogen) atoms. The fraction of sp³-hybridized carbons (Fsp3) is 0.444. The normalized spacial score (nSPS) is 9.08. The van der Waals surface area contributed by atoms with Gasteiger partial charge in [-0.25, -0.2) is 4.79 Å². The maximum Gasteiger partial charge on any atom is 0.373 e. The number of hydrogen-bond donors (Lipinski definition) is 0. The van der Waals surface area contributed by atoms with Crippen molar-refractivity contribution in [2.75, 3.05) is 20.3 Å². The lowest BCUT2D eigenvalue weighted by molar-refractivity contribution is -0.141. The van der Waals surface area contributed by atoms with Gasteiger partial charge < -0.3 is 14.2 Å². The van der Waals surface area contributed by atoms with Gasteiger partial charge in [-0.2, -0.15) is 0 Å². The summed E-state index contributed by atoms with van der Waals surface area (Å²) in [6.45, 7) is 9.11. The number of esters is 1. The molecule has 0 saturated heterocycles. The van der Waals surface area contributed by atoms with E-state index in [2.05, 4.69) is 17.9 Å². The summed E-state index contributed by atoms with van der Waals surface area (Å²) >= 11 is 0. The van der Waals surface area contributed by atoms with Crippen molar-refractivity contribution in [3.8, 4) is 0 Å². The van der Waals surface area contributed by atoms with Crippen molar-refractivity contribution in [3.05, 3.63) is 24.7 Å². The molecule has 0 bridgehead atoms. The van der Waals surface area contributed by atoms with E-state index >= 15 is 0 Å². The third kappa shape index (κ3) is 5.03. The molecule has 4 heteroatoms. The van der Waals surface area contributed by atoms with Crippen LogP contribution < -0.4 is 0 Å². The Hall–Kier alpha value is -1.29. The lowest BCUT2D eigenvalue weighted by Crippen LogP contribution is -2.10. The Morgan fingerprint density at radius 1 is 1.38 bits per heavy atom. The van der Waals surface area contributed by atoms with Crippen LogP contribution in [0.5, 0.6) is 0 Å². The molecule has 0 aliphatic heterocycles. The van der Waals surface area contributed by atoms with Gasteiger partial charge in [-0.05, 0) is 13.5 Å². The van der Waals surface area contributed by atoms with Gasteiger partial charge in [0.05, 0.1) is 6.61 Å². The fourth-order valence-electron chi connectivity index (χ4n) is 0.618. The number of rotatable bonds is 6. The van der Waals surface area contributed by atoms with Crippen LogP contribution in [0.1, 0.15) is 6.92 Å². The highest BCUT2D eigenvalue weighted by molar-refractivity contribution is 5.85. The van der Waals surface area contributed by atoms with E-state index in [1.807, 2.05) is 0 Å². The predicted molar refractivity (Wildman–Crippen MR) is 47.9 cm³/mol. The van der Waals surface area contributed by atoms with E-state index in [1.165, 1.54) is 7.11 Å². The molecule has 0 unspecified atom stereocenters. The van der Waals surface area contributed by atoms with E-state index in [1.54, 1.807) is 6.92 Å². The minimum Gasteiger partial charge on any atom is -0.460 e. The van der Waals surface area contributed by atoms with Gasteiger partial charge in [-0.3, -0.25) is 0 Å². The number of ether oxygens (including phenoxy) is 3. The number of carbonyl (C=O) groups is 1. The standard InChI is InChI=1S/C9H14O4/c1-5-12-9(10)8(3)13-7(2)6-11-4/h2-3,5-6H2,1,4H3. The lowest BCUT2D eigenvalue weighted by atomic mass is 10.5. The summed E-state index contributed by atoms with van der Waals surface area (Å²) in [6.07, 6.45) is 0. The summed E-state index contributed by atoms with van der Waals surface area (Å²) in [7, 11) is 1.50. The monoisotopic (exact) mass is 186 g/mol. The first-order valence-corrected chi connectivity index (χ1v) is 3.82. The second kappa shape index (κ2) is 6.25. The van der Waals surface area contributed by atoms with Crippen LogP contribution in [-0.4, -0.2) is 26.3 Å². The van der Waals surface area contributed by atoms with E-state index < -0.39 is 5.97 Å². The molecule has 0 aromatic carbocycles. The number of hydrogen-bond acceptors (Lipinski definition) is 4. The van der Waals surface area contributed by atoms with Gasteiger partial charge in [-0.15, -0.1) is 0 Å². The van der Waals surface area contributed by atoms with Crippen molar-refractivity contribution in [2.24, 2.45) is 0 Å². The van der Waals surface area contributed by atoms with Crippen molar-refractivity contribution >= 4 is 5.97 Å². The van der Waals surface area contributed by atoms with E-state index in [0.717, 1.165) is 0 Å². The Labute approximate surface area is 77.8 Å². The topological polar surface area (TPSA) is 44.8 Å². The van der Waals surface area contributed by atoms with Gasteiger partial charge in [0.15, 0.2) is 0 Å². The molecule has 0 radical (unpaired) electrons. The van der Waals surface area contributed by atoms with Gasteiger partial charge in [0, 0.05) is 7.11 Å². The average Bonchev–Trinajstić information content (AvgIpc) is 2.05. The minimum absolute atomic E-state index is 0.0797. The predicted octanol–water partition coefficient (Wildman–Crippen LogP) is 1.24. The number of carbonyl (C=O) groups excluding carboxylic acids is 1. The van der Waals surface area contributed by atoms with E-state index in [9.17, 15) is 4.79 Å². The van der Waals surface area contributed by atoms with Crippen LogP contribution in [0, 0.1) is 0 Å². The summed E-state index contributed by atoms with van der Waals surface area (Å²) in [5.41, 5.74) is 0. The molecule has 0 atom stereocenters. The molecule has 0 spiro atoms. The Bertz CT molecular complexity index is 208. The first-order chi connectivity index (χ1) is 6.11. The van der Waals surface area contributed by atoms with Crippen LogP contribution in [0.25, 0.3) is 0 Å². The molecule has 0 rings (SSSR count). The Morgan fingerprint density at radius 3 is 2.46 bits per heavy atom. The summed E-state index contributed by atoms with van der Waals surface area (Å²) in [4.78, 5) is 11.0. The third-order valence-electron chi connectivity index (χ3n) is 1.08. The zero-order valence-corrected chi connectivity index (χ0v) is 7.96. The first kappa shape index (κ1) is 11.7. The maximum absolute atomic E-state index is 11.0. The van der Waals surface area contributed by atoms with Crippen molar-refractivity contribution in [3.63, 3.8) is 0 Å². The van der Waals surface area contributed by atoms with Gasteiger partial charge in [0.1, 0.15) is 12.4 Å². The Morgan fingerprint density at radius 2 is 2.00 bits per heavy atom. The summed E-state index contributed by atoms with van der Waals surface area (Å²) in [6, 6.07) is 0. The van der Waals surface area contributed by atoms with Crippen LogP contribution in [0.2, 0.25) is 0 Å². The quantitative estimate of drug-likeness (QED) is 0.355. The molecule has 0 aromatic heterocycles. The molecule has 0 aliphatic rings. The van der Waals surface area contributed by atoms with Crippen LogP contribution >= 0.6 is 0 Å². The molecule has 0 aliphatic carbocycles. The average molecular weight is 186 g/mol. The van der Waals surface area contributed by atoms with Crippen LogP contribution in [0.4, 0.5) is 0 Å². The van der Waals surface area contributed by atoms with Gasteiger partial charge in [0.2, 0.25) is 5.76 Å². The molecule has 4 nitrogen and oxygen atoms in total. The maximum atomic E-state index is 11.0. The molecule has 74 valence electrons. The van der Waals surface area contributed by atoms with Gasteiger partial charge in [0.25, 0.3) is 0 Å². The van der Waals surface area contributed by atoms with Crippen LogP contribution in [-0.2, 0) is 19.0 Å². The van der Waals surface area contributed by atoms with Crippen molar-refractivity contribution in [1.29, 1.82) is 0 Å². The highest BCUT2D eigenvalue weighted by Crippen LogP contribution is 2.04. The second-order valence-electron chi connectivity index (χ2n) is 2.22. The highest BCUT2D eigenvalue weighted by Gasteiger charge is 2.10. The molecular formula is C9H14O4. The molecule has 0 N–H and O–H groups in total. The molecule has 0 heterocycles. The number of methoxy groups -OCH3 is 1. The fourth-order valence-corrected chi connectivity index (χ4v) is 0.618. The zero-order valence-electron chi connectivity index (χ0n) is 7.96. The lowest BCUT2D eigenvalue weighted by Gasteiger charge is -2.08. The molecule has 0 aromatic rings. The van der Waals surface area contributed by atoms with E-state index in [0.29, 0.717) is 5.76 Å². The van der Waals surface area contributed by atoms with Crippen LogP contribution in [0.3, 0.4) is 0 Å². The zero-order chi connectivity index (χ0) is 10.3. The highest BCUT2D eigenvalue weighted by atomic mass is 16.6. The minimum atomic E-state index is -0.584. The largest absolute Gasteiger partial charge is 0.460 e. The summed E-state index contributed by atoms with van der Waals surface area (Å²) < 4.78 is 14.3. The van der Waals surface area contributed by atoms with Gasteiger partial charge >= 0.3 is 5.97 Å².